The maximum Gasteiger partial charge on any atom is 0.327 e. The van der Waals surface area contributed by atoms with Crippen LogP contribution in [0.1, 0.15) is 32.4 Å². The van der Waals surface area contributed by atoms with Gasteiger partial charge in [-0.2, -0.15) is 0 Å². The molecule has 1 unspecified atom stereocenters. The van der Waals surface area contributed by atoms with Gasteiger partial charge in [0.15, 0.2) is 0 Å². The van der Waals surface area contributed by atoms with E-state index < -0.39 is 6.04 Å². The van der Waals surface area contributed by atoms with E-state index in [0.717, 1.165) is 5.56 Å². The second-order valence-corrected chi connectivity index (χ2v) is 5.56. The topological polar surface area (TPSA) is 38.3 Å². The number of nitrogens with one attached hydrogen (secondary N) is 1. The number of carbonyl (C=O) groups is 1. The molecule has 0 saturated carbocycles. The highest BCUT2D eigenvalue weighted by Crippen LogP contribution is 2.24. The molecular formula is C14H19Cl2NO2. The summed E-state index contributed by atoms with van der Waals surface area (Å²) in [5.41, 5.74) is 0.719. The first-order valence-corrected chi connectivity index (χ1v) is 7.05. The quantitative estimate of drug-likeness (QED) is 0.811. The highest BCUT2D eigenvalue weighted by atomic mass is 35.5. The van der Waals surface area contributed by atoms with Crippen molar-refractivity contribution in [2.45, 2.75) is 26.8 Å². The molecule has 0 aromatic heterocycles. The predicted octanol–water partition coefficient (Wildman–Crippen LogP) is 3.84. The SMILES string of the molecule is CCOC(=O)C(NCC(C)C)c1cc(Cl)cc(Cl)c1. The van der Waals surface area contributed by atoms with E-state index in [-0.39, 0.29) is 5.97 Å². The highest BCUT2D eigenvalue weighted by Gasteiger charge is 2.22. The molecule has 1 atom stereocenters. The van der Waals surface area contributed by atoms with Gasteiger partial charge in [0, 0.05) is 10.0 Å². The van der Waals surface area contributed by atoms with Crippen LogP contribution in [0.15, 0.2) is 18.2 Å². The van der Waals surface area contributed by atoms with Crippen LogP contribution >= 0.6 is 23.2 Å². The Kier molecular flexibility index (Phi) is 6.63. The van der Waals surface area contributed by atoms with E-state index in [2.05, 4.69) is 19.2 Å². The third-order valence-electron chi connectivity index (χ3n) is 2.47. The Morgan fingerprint density at radius 1 is 1.26 bits per heavy atom. The molecule has 0 amide bonds. The first-order valence-electron chi connectivity index (χ1n) is 6.30. The van der Waals surface area contributed by atoms with Gasteiger partial charge in [-0.15, -0.1) is 0 Å². The minimum Gasteiger partial charge on any atom is -0.465 e. The van der Waals surface area contributed by atoms with Gasteiger partial charge in [0.25, 0.3) is 0 Å². The van der Waals surface area contributed by atoms with Gasteiger partial charge >= 0.3 is 5.97 Å². The van der Waals surface area contributed by atoms with Gasteiger partial charge < -0.3 is 10.1 Å². The van der Waals surface area contributed by atoms with Gasteiger partial charge in [-0.1, -0.05) is 37.0 Å². The van der Waals surface area contributed by atoms with Crippen molar-refractivity contribution in [2.75, 3.05) is 13.2 Å². The van der Waals surface area contributed by atoms with Crippen LogP contribution in [0.25, 0.3) is 0 Å². The third kappa shape index (κ3) is 5.39. The van der Waals surface area contributed by atoms with Gasteiger partial charge in [-0.3, -0.25) is 0 Å². The standard InChI is InChI=1S/C14H19Cl2NO2/c1-4-19-14(18)13(17-8-9(2)3)10-5-11(15)7-12(16)6-10/h5-7,9,13,17H,4,8H2,1-3H3. The van der Waals surface area contributed by atoms with Crippen LogP contribution in [0, 0.1) is 5.92 Å². The molecule has 0 aliphatic heterocycles. The molecule has 1 aromatic carbocycles. The van der Waals surface area contributed by atoms with Crippen molar-refractivity contribution in [2.24, 2.45) is 5.92 Å². The van der Waals surface area contributed by atoms with Crippen LogP contribution in [-0.4, -0.2) is 19.1 Å². The summed E-state index contributed by atoms with van der Waals surface area (Å²) >= 11 is 11.9. The molecule has 0 bridgehead atoms. The molecular weight excluding hydrogens is 285 g/mol. The van der Waals surface area contributed by atoms with E-state index in [1.165, 1.54) is 0 Å². The summed E-state index contributed by atoms with van der Waals surface area (Å²) in [6.07, 6.45) is 0. The van der Waals surface area contributed by atoms with Crippen LogP contribution in [0.3, 0.4) is 0 Å². The van der Waals surface area contributed by atoms with Crippen molar-refractivity contribution in [1.82, 2.24) is 5.32 Å². The van der Waals surface area contributed by atoms with Crippen LogP contribution < -0.4 is 5.32 Å². The van der Waals surface area contributed by atoms with E-state index in [1.54, 1.807) is 25.1 Å². The van der Waals surface area contributed by atoms with Crippen LogP contribution in [0.2, 0.25) is 10.0 Å². The lowest BCUT2D eigenvalue weighted by atomic mass is 10.1. The fourth-order valence-corrected chi connectivity index (χ4v) is 2.20. The minimum atomic E-state index is -0.543. The Labute approximate surface area is 124 Å². The summed E-state index contributed by atoms with van der Waals surface area (Å²) in [7, 11) is 0. The lowest BCUT2D eigenvalue weighted by Gasteiger charge is -2.19. The van der Waals surface area contributed by atoms with E-state index in [9.17, 15) is 4.79 Å². The van der Waals surface area contributed by atoms with Gasteiger partial charge in [-0.05, 0) is 43.1 Å². The molecule has 19 heavy (non-hydrogen) atoms. The number of benzene rings is 1. The number of hydrogen-bond acceptors (Lipinski definition) is 3. The molecule has 1 N–H and O–H groups in total. The van der Waals surface area contributed by atoms with Crippen molar-refractivity contribution < 1.29 is 9.53 Å². The van der Waals surface area contributed by atoms with Gasteiger partial charge in [-0.25, -0.2) is 4.79 Å². The second-order valence-electron chi connectivity index (χ2n) is 4.69. The maximum atomic E-state index is 12.0. The predicted molar refractivity (Wildman–Crippen MR) is 78.7 cm³/mol. The molecule has 3 nitrogen and oxygen atoms in total. The normalized spacial score (nSPS) is 12.5. The molecule has 1 aromatic rings. The Morgan fingerprint density at radius 3 is 2.32 bits per heavy atom. The number of carbonyl (C=O) groups excluding carboxylic acids is 1. The molecule has 0 aliphatic carbocycles. The molecule has 0 radical (unpaired) electrons. The zero-order valence-electron chi connectivity index (χ0n) is 11.4. The molecule has 0 heterocycles. The van der Waals surface area contributed by atoms with E-state index >= 15 is 0 Å². The number of hydrogen-bond donors (Lipinski definition) is 1. The van der Waals surface area contributed by atoms with Crippen molar-refractivity contribution in [3.63, 3.8) is 0 Å². The second kappa shape index (κ2) is 7.73. The average Bonchev–Trinajstić information content (AvgIpc) is 2.27. The lowest BCUT2D eigenvalue weighted by Crippen LogP contribution is -2.32. The van der Waals surface area contributed by atoms with Crippen LogP contribution in [-0.2, 0) is 9.53 Å². The summed E-state index contributed by atoms with van der Waals surface area (Å²) in [6, 6.07) is 4.54. The fourth-order valence-electron chi connectivity index (χ4n) is 1.66. The molecule has 106 valence electrons. The molecule has 1 rings (SSSR count). The molecule has 0 spiro atoms. The van der Waals surface area contributed by atoms with E-state index in [4.69, 9.17) is 27.9 Å². The molecule has 0 fully saturated rings. The fraction of sp³-hybridized carbons (Fsp3) is 0.500. The Morgan fingerprint density at radius 2 is 1.84 bits per heavy atom. The van der Waals surface area contributed by atoms with Crippen molar-refractivity contribution in [3.8, 4) is 0 Å². The third-order valence-corrected chi connectivity index (χ3v) is 2.91. The van der Waals surface area contributed by atoms with E-state index in [1.807, 2.05) is 0 Å². The van der Waals surface area contributed by atoms with Crippen molar-refractivity contribution in [1.29, 1.82) is 0 Å². The number of esters is 1. The first kappa shape index (κ1) is 16.3. The lowest BCUT2D eigenvalue weighted by molar-refractivity contribution is -0.145. The Bertz CT molecular complexity index is 415. The smallest absolute Gasteiger partial charge is 0.327 e. The number of rotatable bonds is 6. The maximum absolute atomic E-state index is 12.0. The highest BCUT2D eigenvalue weighted by molar-refractivity contribution is 6.34. The summed E-state index contributed by atoms with van der Waals surface area (Å²) in [6.45, 7) is 6.96. The summed E-state index contributed by atoms with van der Waals surface area (Å²) < 4.78 is 5.08. The van der Waals surface area contributed by atoms with Crippen molar-refractivity contribution in [3.05, 3.63) is 33.8 Å². The summed E-state index contributed by atoms with van der Waals surface area (Å²) in [5.74, 6) is 0.105. The zero-order chi connectivity index (χ0) is 14.4. The van der Waals surface area contributed by atoms with Crippen molar-refractivity contribution >= 4 is 29.2 Å². The first-order chi connectivity index (χ1) is 8.93. The van der Waals surface area contributed by atoms with Gasteiger partial charge in [0.05, 0.1) is 6.61 Å². The monoisotopic (exact) mass is 303 g/mol. The van der Waals surface area contributed by atoms with Crippen LogP contribution in [0.4, 0.5) is 0 Å². The number of halogens is 2. The Balaban J connectivity index is 2.96. The summed E-state index contributed by atoms with van der Waals surface area (Å²) in [5, 5.41) is 4.19. The minimum absolute atomic E-state index is 0.318. The zero-order valence-corrected chi connectivity index (χ0v) is 12.9. The molecule has 5 heteroatoms. The largest absolute Gasteiger partial charge is 0.465 e. The van der Waals surface area contributed by atoms with E-state index in [0.29, 0.717) is 29.1 Å². The molecule has 0 saturated heterocycles. The Hall–Kier alpha value is -0.770. The van der Waals surface area contributed by atoms with Crippen LogP contribution in [0.5, 0.6) is 0 Å². The summed E-state index contributed by atoms with van der Waals surface area (Å²) in [4.78, 5) is 12.0. The average molecular weight is 304 g/mol. The molecule has 0 aliphatic rings. The number of ether oxygens (including phenoxy) is 1. The van der Waals surface area contributed by atoms with Gasteiger partial charge in [0.1, 0.15) is 6.04 Å². The van der Waals surface area contributed by atoms with Gasteiger partial charge in [0.2, 0.25) is 0 Å².